The van der Waals surface area contributed by atoms with Gasteiger partial charge in [0.15, 0.2) is 0 Å². The maximum atomic E-state index is 6.35. The van der Waals surface area contributed by atoms with Crippen LogP contribution in [0.4, 0.5) is 0 Å². The molecule has 0 aromatic heterocycles. The third kappa shape index (κ3) is 2.89. The fourth-order valence-electron chi connectivity index (χ4n) is 2.71. The Kier molecular flexibility index (Phi) is 3.81. The van der Waals surface area contributed by atoms with Crippen LogP contribution in [-0.2, 0) is 12.8 Å². The average Bonchev–Trinajstić information content (AvgIpc) is 2.77. The molecule has 2 N–H and O–H groups in total. The fraction of sp³-hybridized carbons (Fsp3) is 0.294. The highest BCUT2D eigenvalue weighted by molar-refractivity contribution is 9.10. The van der Waals surface area contributed by atoms with Gasteiger partial charge in [-0.25, -0.2) is 0 Å². The van der Waals surface area contributed by atoms with Crippen molar-refractivity contribution in [3.63, 3.8) is 0 Å². The standard InChI is InChI=1S/C17H18BrNO/c1-11-7-14-10-13(5-6-17(14)20-11)16(19)9-12-3-2-4-15(18)8-12/h2-6,8,10-11,16H,7,9,19H2,1H3. The lowest BCUT2D eigenvalue weighted by Crippen LogP contribution is -2.13. The number of nitrogens with two attached hydrogens (primary N) is 1. The van der Waals surface area contributed by atoms with E-state index < -0.39 is 0 Å². The normalized spacial score (nSPS) is 18.4. The zero-order chi connectivity index (χ0) is 14.1. The van der Waals surface area contributed by atoms with Crippen molar-refractivity contribution in [1.29, 1.82) is 0 Å². The summed E-state index contributed by atoms with van der Waals surface area (Å²) in [5.41, 5.74) is 10.1. The zero-order valence-electron chi connectivity index (χ0n) is 11.5. The molecule has 2 nitrogen and oxygen atoms in total. The highest BCUT2D eigenvalue weighted by Gasteiger charge is 2.20. The van der Waals surface area contributed by atoms with Gasteiger partial charge in [-0.1, -0.05) is 40.2 Å². The highest BCUT2D eigenvalue weighted by atomic mass is 79.9. The van der Waals surface area contributed by atoms with Crippen LogP contribution >= 0.6 is 15.9 Å². The van der Waals surface area contributed by atoms with Gasteiger partial charge in [0.1, 0.15) is 11.9 Å². The molecule has 2 aromatic rings. The van der Waals surface area contributed by atoms with Gasteiger partial charge in [0.25, 0.3) is 0 Å². The maximum absolute atomic E-state index is 6.35. The summed E-state index contributed by atoms with van der Waals surface area (Å²) < 4.78 is 6.82. The van der Waals surface area contributed by atoms with E-state index in [0.717, 1.165) is 23.1 Å². The second-order valence-electron chi connectivity index (χ2n) is 5.44. The number of rotatable bonds is 3. The van der Waals surface area contributed by atoms with Crippen molar-refractivity contribution in [3.05, 3.63) is 63.6 Å². The molecule has 0 fully saturated rings. The van der Waals surface area contributed by atoms with E-state index in [-0.39, 0.29) is 12.1 Å². The largest absolute Gasteiger partial charge is 0.490 e. The van der Waals surface area contributed by atoms with Crippen molar-refractivity contribution in [2.75, 3.05) is 0 Å². The van der Waals surface area contributed by atoms with E-state index in [1.807, 2.05) is 12.1 Å². The number of benzene rings is 2. The lowest BCUT2D eigenvalue weighted by atomic mass is 9.97. The van der Waals surface area contributed by atoms with Crippen molar-refractivity contribution in [2.24, 2.45) is 5.73 Å². The third-order valence-electron chi connectivity index (χ3n) is 3.69. The summed E-state index contributed by atoms with van der Waals surface area (Å²) >= 11 is 3.50. The minimum absolute atomic E-state index is 0.0190. The predicted octanol–water partition coefficient (Wildman–Crippen LogP) is 4.02. The van der Waals surface area contributed by atoms with Gasteiger partial charge < -0.3 is 10.5 Å². The molecule has 0 spiro atoms. The van der Waals surface area contributed by atoms with Crippen LogP contribution < -0.4 is 10.5 Å². The number of hydrogen-bond donors (Lipinski definition) is 1. The average molecular weight is 332 g/mol. The first-order valence-corrected chi connectivity index (χ1v) is 7.70. The van der Waals surface area contributed by atoms with Gasteiger partial charge >= 0.3 is 0 Å². The van der Waals surface area contributed by atoms with E-state index in [1.54, 1.807) is 0 Å². The SMILES string of the molecule is CC1Cc2cc(C(N)Cc3cccc(Br)c3)ccc2O1. The first-order valence-electron chi connectivity index (χ1n) is 6.91. The fourth-order valence-corrected chi connectivity index (χ4v) is 3.15. The molecule has 0 saturated heterocycles. The topological polar surface area (TPSA) is 35.2 Å². The van der Waals surface area contributed by atoms with Crippen molar-refractivity contribution >= 4 is 15.9 Å². The second kappa shape index (κ2) is 5.58. The van der Waals surface area contributed by atoms with Crippen LogP contribution in [0.5, 0.6) is 5.75 Å². The minimum Gasteiger partial charge on any atom is -0.490 e. The van der Waals surface area contributed by atoms with Crippen LogP contribution in [0, 0.1) is 0 Å². The molecule has 0 bridgehead atoms. The molecule has 104 valence electrons. The number of hydrogen-bond acceptors (Lipinski definition) is 2. The molecular formula is C17H18BrNO. The van der Waals surface area contributed by atoms with E-state index >= 15 is 0 Å². The van der Waals surface area contributed by atoms with E-state index in [4.69, 9.17) is 10.5 Å². The molecule has 3 rings (SSSR count). The molecule has 20 heavy (non-hydrogen) atoms. The molecule has 2 atom stereocenters. The second-order valence-corrected chi connectivity index (χ2v) is 6.36. The minimum atomic E-state index is 0.0190. The van der Waals surface area contributed by atoms with Crippen LogP contribution in [0.1, 0.15) is 29.7 Å². The van der Waals surface area contributed by atoms with Crippen molar-refractivity contribution < 1.29 is 4.74 Å². The number of ether oxygens (including phenoxy) is 1. The Labute approximate surface area is 128 Å². The first-order chi connectivity index (χ1) is 9.61. The summed E-state index contributed by atoms with van der Waals surface area (Å²) in [4.78, 5) is 0. The molecule has 1 aliphatic heterocycles. The first kappa shape index (κ1) is 13.7. The smallest absolute Gasteiger partial charge is 0.123 e. The van der Waals surface area contributed by atoms with Crippen molar-refractivity contribution in [1.82, 2.24) is 0 Å². The van der Waals surface area contributed by atoms with Gasteiger partial charge in [-0.3, -0.25) is 0 Å². The van der Waals surface area contributed by atoms with Gasteiger partial charge in [-0.2, -0.15) is 0 Å². The lowest BCUT2D eigenvalue weighted by Gasteiger charge is -2.13. The Bertz CT molecular complexity index is 626. The van der Waals surface area contributed by atoms with Crippen LogP contribution in [0.3, 0.4) is 0 Å². The van der Waals surface area contributed by atoms with Gasteiger partial charge in [-0.05, 0) is 48.2 Å². The van der Waals surface area contributed by atoms with Crippen LogP contribution in [0.25, 0.3) is 0 Å². The summed E-state index contributed by atoms with van der Waals surface area (Å²) in [7, 11) is 0. The van der Waals surface area contributed by atoms with Crippen molar-refractivity contribution in [2.45, 2.75) is 31.9 Å². The van der Waals surface area contributed by atoms with E-state index in [0.29, 0.717) is 0 Å². The predicted molar refractivity (Wildman–Crippen MR) is 85.0 cm³/mol. The third-order valence-corrected chi connectivity index (χ3v) is 4.19. The molecule has 0 saturated carbocycles. The number of halogens is 1. The Balaban J connectivity index is 1.78. The van der Waals surface area contributed by atoms with Crippen LogP contribution in [0.15, 0.2) is 46.9 Å². The molecule has 0 amide bonds. The zero-order valence-corrected chi connectivity index (χ0v) is 13.1. The molecule has 0 aliphatic carbocycles. The Morgan fingerprint density at radius 1 is 1.30 bits per heavy atom. The molecule has 0 radical (unpaired) electrons. The summed E-state index contributed by atoms with van der Waals surface area (Å²) in [5, 5.41) is 0. The van der Waals surface area contributed by atoms with Gasteiger partial charge in [0, 0.05) is 16.9 Å². The molecule has 1 aliphatic rings. The summed E-state index contributed by atoms with van der Waals surface area (Å²) in [6, 6.07) is 14.7. The van der Waals surface area contributed by atoms with E-state index in [2.05, 4.69) is 53.2 Å². The Hall–Kier alpha value is -1.32. The van der Waals surface area contributed by atoms with Gasteiger partial charge in [0.05, 0.1) is 0 Å². The maximum Gasteiger partial charge on any atom is 0.123 e. The molecule has 3 heteroatoms. The van der Waals surface area contributed by atoms with Crippen molar-refractivity contribution in [3.8, 4) is 5.75 Å². The number of fused-ring (bicyclic) bond motifs is 1. The van der Waals surface area contributed by atoms with Gasteiger partial charge in [0.2, 0.25) is 0 Å². The molecule has 1 heterocycles. The van der Waals surface area contributed by atoms with Crippen LogP contribution in [0.2, 0.25) is 0 Å². The molecule has 2 aromatic carbocycles. The quantitative estimate of drug-likeness (QED) is 0.922. The van der Waals surface area contributed by atoms with E-state index in [9.17, 15) is 0 Å². The molecular weight excluding hydrogens is 314 g/mol. The summed E-state index contributed by atoms with van der Waals surface area (Å²) in [6.07, 6.45) is 2.10. The Morgan fingerprint density at radius 2 is 2.15 bits per heavy atom. The Morgan fingerprint density at radius 3 is 2.95 bits per heavy atom. The lowest BCUT2D eigenvalue weighted by molar-refractivity contribution is 0.254. The summed E-state index contributed by atoms with van der Waals surface area (Å²) in [5.74, 6) is 1.01. The monoisotopic (exact) mass is 331 g/mol. The van der Waals surface area contributed by atoms with Gasteiger partial charge in [-0.15, -0.1) is 0 Å². The summed E-state index contributed by atoms with van der Waals surface area (Å²) in [6.45, 7) is 2.10. The molecule has 2 unspecified atom stereocenters. The highest BCUT2D eigenvalue weighted by Crippen LogP contribution is 2.31. The van der Waals surface area contributed by atoms with E-state index in [1.165, 1.54) is 16.7 Å². The van der Waals surface area contributed by atoms with Crippen LogP contribution in [-0.4, -0.2) is 6.10 Å².